The largest absolute Gasteiger partial charge is 0.495 e. The Morgan fingerprint density at radius 1 is 1.29 bits per heavy atom. The number of nitrogens with zero attached hydrogens (tertiary/aromatic N) is 3. The molecule has 0 bridgehead atoms. The van der Waals surface area contributed by atoms with E-state index in [1.807, 2.05) is 18.2 Å². The molecule has 0 saturated carbocycles. The molecule has 6 nitrogen and oxygen atoms in total. The number of methoxy groups -OCH3 is 1. The Labute approximate surface area is 140 Å². The lowest BCUT2D eigenvalue weighted by Gasteiger charge is -2.27. The molecule has 6 heteroatoms. The van der Waals surface area contributed by atoms with Crippen LogP contribution < -0.4 is 9.64 Å². The third kappa shape index (κ3) is 2.71. The maximum Gasteiger partial charge on any atom is 0.255 e. The van der Waals surface area contributed by atoms with E-state index in [0.717, 1.165) is 5.56 Å². The molecule has 0 N–H and O–H groups in total. The molecule has 1 aromatic heterocycles. The molecule has 24 heavy (non-hydrogen) atoms. The molecule has 1 aromatic carbocycles. The molecule has 0 unspecified atom stereocenters. The van der Waals surface area contributed by atoms with Gasteiger partial charge in [-0.3, -0.25) is 14.5 Å². The molecule has 0 radical (unpaired) electrons. The molecule has 1 aliphatic rings. The van der Waals surface area contributed by atoms with Gasteiger partial charge in [-0.2, -0.15) is 0 Å². The zero-order chi connectivity index (χ0) is 17.3. The Balaban J connectivity index is 1.76. The van der Waals surface area contributed by atoms with Crippen molar-refractivity contribution >= 4 is 17.6 Å². The number of anilines is 1. The summed E-state index contributed by atoms with van der Waals surface area (Å²) < 4.78 is 5.07. The SMILES string of the molecule is COc1ccc(N(C)C(=O)[C@@H](C)N2Cc3ccccc3C2=O)nc1. The third-order valence-corrected chi connectivity index (χ3v) is 4.30. The lowest BCUT2D eigenvalue weighted by Crippen LogP contribution is -2.46. The number of fused-ring (bicyclic) bond motifs is 1. The summed E-state index contributed by atoms with van der Waals surface area (Å²) in [5.74, 6) is 0.839. The Bertz CT molecular complexity index is 773. The maximum absolute atomic E-state index is 12.7. The van der Waals surface area contributed by atoms with Crippen LogP contribution in [0.5, 0.6) is 5.75 Å². The zero-order valence-corrected chi connectivity index (χ0v) is 13.9. The van der Waals surface area contributed by atoms with Crippen molar-refractivity contribution in [2.45, 2.75) is 19.5 Å². The first-order valence-electron chi connectivity index (χ1n) is 7.69. The molecule has 3 rings (SSSR count). The van der Waals surface area contributed by atoms with E-state index >= 15 is 0 Å². The van der Waals surface area contributed by atoms with Crippen LogP contribution in [0.2, 0.25) is 0 Å². The van der Waals surface area contributed by atoms with Crippen LogP contribution in [0.4, 0.5) is 5.82 Å². The molecule has 1 aliphatic heterocycles. The van der Waals surface area contributed by atoms with E-state index in [2.05, 4.69) is 4.98 Å². The minimum Gasteiger partial charge on any atom is -0.495 e. The van der Waals surface area contributed by atoms with Gasteiger partial charge in [0.05, 0.1) is 13.3 Å². The van der Waals surface area contributed by atoms with Crippen LogP contribution >= 0.6 is 0 Å². The van der Waals surface area contributed by atoms with E-state index in [9.17, 15) is 9.59 Å². The first-order valence-corrected chi connectivity index (χ1v) is 7.69. The van der Waals surface area contributed by atoms with Gasteiger partial charge in [0.25, 0.3) is 5.91 Å². The molecule has 0 fully saturated rings. The molecular formula is C18H19N3O3. The van der Waals surface area contributed by atoms with E-state index in [1.54, 1.807) is 50.4 Å². The Hall–Kier alpha value is -2.89. The second kappa shape index (κ2) is 6.31. The van der Waals surface area contributed by atoms with Crippen molar-refractivity contribution in [2.75, 3.05) is 19.1 Å². The van der Waals surface area contributed by atoms with Gasteiger partial charge in [0.2, 0.25) is 5.91 Å². The fourth-order valence-corrected chi connectivity index (χ4v) is 2.81. The molecule has 2 heterocycles. The van der Waals surface area contributed by atoms with Gasteiger partial charge in [-0.05, 0) is 30.7 Å². The van der Waals surface area contributed by atoms with Crippen LogP contribution in [-0.2, 0) is 11.3 Å². The van der Waals surface area contributed by atoms with Crippen LogP contribution in [0.25, 0.3) is 0 Å². The number of amides is 2. The summed E-state index contributed by atoms with van der Waals surface area (Å²) >= 11 is 0. The van der Waals surface area contributed by atoms with Crippen LogP contribution in [-0.4, -0.2) is 41.9 Å². The molecule has 2 amide bonds. The fraction of sp³-hybridized carbons (Fsp3) is 0.278. The van der Waals surface area contributed by atoms with Crippen molar-refractivity contribution in [1.29, 1.82) is 0 Å². The van der Waals surface area contributed by atoms with Gasteiger partial charge in [-0.1, -0.05) is 18.2 Å². The van der Waals surface area contributed by atoms with Crippen molar-refractivity contribution in [2.24, 2.45) is 0 Å². The van der Waals surface area contributed by atoms with Crippen LogP contribution in [0.1, 0.15) is 22.8 Å². The molecule has 1 atom stereocenters. The lowest BCUT2D eigenvalue weighted by atomic mass is 10.1. The minimum absolute atomic E-state index is 0.109. The molecule has 2 aromatic rings. The highest BCUT2D eigenvalue weighted by atomic mass is 16.5. The molecule has 0 spiro atoms. The predicted molar refractivity (Wildman–Crippen MR) is 90.0 cm³/mol. The maximum atomic E-state index is 12.7. The zero-order valence-electron chi connectivity index (χ0n) is 13.9. The average Bonchev–Trinajstić information content (AvgIpc) is 2.97. The summed E-state index contributed by atoms with van der Waals surface area (Å²) in [6, 6.07) is 10.3. The number of rotatable bonds is 4. The van der Waals surface area contributed by atoms with E-state index in [0.29, 0.717) is 23.7 Å². The Morgan fingerprint density at radius 3 is 2.67 bits per heavy atom. The molecule has 0 aliphatic carbocycles. The number of aromatic nitrogens is 1. The molecule has 0 saturated heterocycles. The summed E-state index contributed by atoms with van der Waals surface area (Å²) in [6.45, 7) is 2.19. The quantitative estimate of drug-likeness (QED) is 0.863. The van der Waals surface area contributed by atoms with Gasteiger partial charge in [0.1, 0.15) is 17.6 Å². The number of benzene rings is 1. The number of pyridine rings is 1. The summed E-state index contributed by atoms with van der Waals surface area (Å²) in [5, 5.41) is 0. The Morgan fingerprint density at radius 2 is 2.04 bits per heavy atom. The van der Waals surface area contributed by atoms with E-state index in [4.69, 9.17) is 4.74 Å². The number of likely N-dealkylation sites (N-methyl/N-ethyl adjacent to an activating group) is 1. The monoisotopic (exact) mass is 325 g/mol. The second-order valence-electron chi connectivity index (χ2n) is 5.72. The van der Waals surface area contributed by atoms with Crippen LogP contribution in [0.15, 0.2) is 42.6 Å². The van der Waals surface area contributed by atoms with Gasteiger partial charge in [-0.25, -0.2) is 4.98 Å². The van der Waals surface area contributed by atoms with Crippen LogP contribution in [0.3, 0.4) is 0 Å². The predicted octanol–water partition coefficient (Wildman–Crippen LogP) is 2.10. The number of hydrogen-bond acceptors (Lipinski definition) is 4. The van der Waals surface area contributed by atoms with E-state index < -0.39 is 6.04 Å². The molecule has 124 valence electrons. The lowest BCUT2D eigenvalue weighted by molar-refractivity contribution is -0.122. The average molecular weight is 325 g/mol. The van der Waals surface area contributed by atoms with Crippen LogP contribution in [0, 0.1) is 0 Å². The van der Waals surface area contributed by atoms with Gasteiger partial charge < -0.3 is 9.64 Å². The van der Waals surface area contributed by atoms with Gasteiger partial charge >= 0.3 is 0 Å². The van der Waals surface area contributed by atoms with E-state index in [-0.39, 0.29) is 11.8 Å². The highest BCUT2D eigenvalue weighted by Gasteiger charge is 2.35. The van der Waals surface area contributed by atoms with Crippen molar-refractivity contribution in [3.63, 3.8) is 0 Å². The highest BCUT2D eigenvalue weighted by Crippen LogP contribution is 2.25. The number of carbonyl (C=O) groups is 2. The summed E-state index contributed by atoms with van der Waals surface area (Å²) in [6.07, 6.45) is 1.56. The van der Waals surface area contributed by atoms with Gasteiger partial charge in [-0.15, -0.1) is 0 Å². The van der Waals surface area contributed by atoms with Crippen molar-refractivity contribution in [3.05, 3.63) is 53.7 Å². The number of carbonyl (C=O) groups excluding carboxylic acids is 2. The normalized spacial score (nSPS) is 14.3. The van der Waals surface area contributed by atoms with Crippen molar-refractivity contribution < 1.29 is 14.3 Å². The summed E-state index contributed by atoms with van der Waals surface area (Å²) in [5.41, 5.74) is 1.62. The summed E-state index contributed by atoms with van der Waals surface area (Å²) in [4.78, 5) is 32.5. The van der Waals surface area contributed by atoms with Crippen molar-refractivity contribution in [1.82, 2.24) is 9.88 Å². The topological polar surface area (TPSA) is 62.7 Å². The van der Waals surface area contributed by atoms with Crippen molar-refractivity contribution in [3.8, 4) is 5.75 Å². The number of hydrogen-bond donors (Lipinski definition) is 0. The number of ether oxygens (including phenoxy) is 1. The third-order valence-electron chi connectivity index (χ3n) is 4.30. The van der Waals surface area contributed by atoms with E-state index in [1.165, 1.54) is 4.90 Å². The fourth-order valence-electron chi connectivity index (χ4n) is 2.81. The highest BCUT2D eigenvalue weighted by molar-refractivity contribution is 6.03. The van der Waals surface area contributed by atoms with Gasteiger partial charge in [0.15, 0.2) is 0 Å². The minimum atomic E-state index is -0.571. The van der Waals surface area contributed by atoms with Gasteiger partial charge in [0, 0.05) is 19.2 Å². The Kier molecular flexibility index (Phi) is 4.20. The first kappa shape index (κ1) is 16.0. The summed E-state index contributed by atoms with van der Waals surface area (Å²) in [7, 11) is 3.21. The standard InChI is InChI=1S/C18H19N3O3/c1-12(21-11-13-6-4-5-7-15(13)18(21)23)17(22)20(2)16-9-8-14(24-3)10-19-16/h4-10,12H,11H2,1-3H3/t12-/m1/s1. The first-order chi connectivity index (χ1) is 11.5. The second-order valence-corrected chi connectivity index (χ2v) is 5.72. The smallest absolute Gasteiger partial charge is 0.255 e. The molecular weight excluding hydrogens is 306 g/mol.